The van der Waals surface area contributed by atoms with Gasteiger partial charge in [-0.1, -0.05) is 0 Å². The van der Waals surface area contributed by atoms with Crippen LogP contribution in [0, 0.1) is 5.82 Å². The molecule has 3 rings (SSSR count). The van der Waals surface area contributed by atoms with Crippen LogP contribution in [0.2, 0.25) is 0 Å². The first-order chi connectivity index (χ1) is 12.5. The van der Waals surface area contributed by atoms with Gasteiger partial charge in [0.15, 0.2) is 5.13 Å². The van der Waals surface area contributed by atoms with Gasteiger partial charge in [0.25, 0.3) is 5.91 Å². The van der Waals surface area contributed by atoms with Crippen molar-refractivity contribution in [3.8, 4) is 5.75 Å². The van der Waals surface area contributed by atoms with E-state index in [2.05, 4.69) is 15.6 Å². The van der Waals surface area contributed by atoms with E-state index in [1.807, 2.05) is 0 Å². The molecule has 1 saturated heterocycles. The van der Waals surface area contributed by atoms with Crippen LogP contribution in [-0.2, 0) is 9.53 Å². The molecular weight excluding hydrogens is 361 g/mol. The molecule has 1 aliphatic heterocycles. The highest BCUT2D eigenvalue weighted by molar-refractivity contribution is 7.14. The number of carbonyl (C=O) groups excluding carboxylic acids is 2. The Morgan fingerprint density at radius 3 is 3.00 bits per heavy atom. The van der Waals surface area contributed by atoms with Crippen molar-refractivity contribution in [3.63, 3.8) is 0 Å². The van der Waals surface area contributed by atoms with E-state index in [4.69, 9.17) is 9.47 Å². The topological polar surface area (TPSA) is 89.6 Å². The Kier molecular flexibility index (Phi) is 5.79. The van der Waals surface area contributed by atoms with Crippen molar-refractivity contribution >= 4 is 34.0 Å². The molecule has 26 heavy (non-hydrogen) atoms. The van der Waals surface area contributed by atoms with Gasteiger partial charge in [-0.3, -0.25) is 9.59 Å². The smallest absolute Gasteiger partial charge is 0.275 e. The number of benzene rings is 1. The fourth-order valence-corrected chi connectivity index (χ4v) is 3.19. The number of thiazole rings is 1. The fraction of sp³-hybridized carbons (Fsp3) is 0.353. The van der Waals surface area contributed by atoms with Crippen LogP contribution in [0.4, 0.5) is 15.2 Å². The molecule has 0 radical (unpaired) electrons. The average Bonchev–Trinajstić information content (AvgIpc) is 3.25. The summed E-state index contributed by atoms with van der Waals surface area (Å²) in [5.74, 6) is -0.943. The third-order valence-electron chi connectivity index (χ3n) is 3.66. The first-order valence-corrected chi connectivity index (χ1v) is 8.97. The highest BCUT2D eigenvalue weighted by Crippen LogP contribution is 2.27. The van der Waals surface area contributed by atoms with Crippen LogP contribution in [0.25, 0.3) is 0 Å². The third-order valence-corrected chi connectivity index (χ3v) is 4.42. The minimum atomic E-state index is -0.523. The lowest BCUT2D eigenvalue weighted by atomic mass is 10.2. The number of amides is 2. The van der Waals surface area contributed by atoms with Gasteiger partial charge in [0, 0.05) is 25.0 Å². The van der Waals surface area contributed by atoms with Crippen molar-refractivity contribution in [2.24, 2.45) is 0 Å². The van der Waals surface area contributed by atoms with E-state index < -0.39 is 11.7 Å². The monoisotopic (exact) mass is 379 g/mol. The number of ether oxygens (including phenoxy) is 2. The first kappa shape index (κ1) is 18.3. The summed E-state index contributed by atoms with van der Waals surface area (Å²) in [7, 11) is 0. The Labute approximate surface area is 153 Å². The van der Waals surface area contributed by atoms with Gasteiger partial charge >= 0.3 is 0 Å². The van der Waals surface area contributed by atoms with Crippen LogP contribution in [0.1, 0.15) is 30.3 Å². The van der Waals surface area contributed by atoms with E-state index in [0.717, 1.165) is 24.2 Å². The molecule has 0 aliphatic carbocycles. The van der Waals surface area contributed by atoms with E-state index in [0.29, 0.717) is 24.1 Å². The predicted molar refractivity (Wildman–Crippen MR) is 95.2 cm³/mol. The molecule has 1 atom stereocenters. The third kappa shape index (κ3) is 4.77. The van der Waals surface area contributed by atoms with Crippen LogP contribution >= 0.6 is 11.3 Å². The van der Waals surface area contributed by atoms with Crippen LogP contribution in [0.15, 0.2) is 23.6 Å². The van der Waals surface area contributed by atoms with Crippen molar-refractivity contribution in [1.82, 2.24) is 4.98 Å². The number of halogens is 1. The summed E-state index contributed by atoms with van der Waals surface area (Å²) in [5, 5.41) is 6.93. The summed E-state index contributed by atoms with van der Waals surface area (Å²) in [5.41, 5.74) is 0.329. The van der Waals surface area contributed by atoms with Gasteiger partial charge in [-0.15, -0.1) is 11.3 Å². The average molecular weight is 379 g/mol. The number of nitrogens with one attached hydrogen (secondary N) is 2. The number of anilines is 2. The fourth-order valence-electron chi connectivity index (χ4n) is 2.46. The Balaban J connectivity index is 1.69. The van der Waals surface area contributed by atoms with Crippen LogP contribution < -0.4 is 15.4 Å². The number of rotatable bonds is 6. The molecule has 7 nitrogen and oxygen atoms in total. The van der Waals surface area contributed by atoms with Gasteiger partial charge in [-0.25, -0.2) is 9.37 Å². The highest BCUT2D eigenvalue weighted by atomic mass is 32.1. The maximum Gasteiger partial charge on any atom is 0.275 e. The molecule has 0 saturated carbocycles. The molecule has 138 valence electrons. The summed E-state index contributed by atoms with van der Waals surface area (Å²) in [6.07, 6.45) is 1.90. The van der Waals surface area contributed by atoms with Gasteiger partial charge in [-0.2, -0.15) is 0 Å². The van der Waals surface area contributed by atoms with Gasteiger partial charge in [0.05, 0.1) is 11.8 Å². The second-order valence-corrected chi connectivity index (χ2v) is 6.62. The number of aromatic nitrogens is 1. The van der Waals surface area contributed by atoms with Gasteiger partial charge < -0.3 is 20.1 Å². The largest absolute Gasteiger partial charge is 0.489 e. The molecule has 2 heterocycles. The van der Waals surface area contributed by atoms with Crippen molar-refractivity contribution in [3.05, 3.63) is 35.1 Å². The zero-order valence-corrected chi connectivity index (χ0v) is 14.9. The van der Waals surface area contributed by atoms with Crippen molar-refractivity contribution in [1.29, 1.82) is 0 Å². The van der Waals surface area contributed by atoms with Gasteiger partial charge in [0.2, 0.25) is 5.91 Å². The SMILES string of the molecule is CC(=O)Nc1nc(C(=O)Nc2cc(F)ccc2OC[C@H]2CCCO2)cs1. The molecule has 1 aromatic heterocycles. The minimum Gasteiger partial charge on any atom is -0.489 e. The van der Waals surface area contributed by atoms with Crippen molar-refractivity contribution in [2.75, 3.05) is 23.8 Å². The van der Waals surface area contributed by atoms with E-state index >= 15 is 0 Å². The van der Waals surface area contributed by atoms with Gasteiger partial charge in [-0.05, 0) is 25.0 Å². The maximum absolute atomic E-state index is 13.6. The molecule has 1 aromatic carbocycles. The molecule has 0 spiro atoms. The Morgan fingerprint density at radius 1 is 1.42 bits per heavy atom. The zero-order valence-electron chi connectivity index (χ0n) is 14.1. The molecule has 0 bridgehead atoms. The van der Waals surface area contributed by atoms with Gasteiger partial charge in [0.1, 0.15) is 23.9 Å². The summed E-state index contributed by atoms with van der Waals surface area (Å²) < 4.78 is 24.8. The molecule has 2 aromatic rings. The summed E-state index contributed by atoms with van der Waals surface area (Å²) in [4.78, 5) is 27.4. The minimum absolute atomic E-state index is 0.00218. The lowest BCUT2D eigenvalue weighted by Crippen LogP contribution is -2.18. The number of nitrogens with zero attached hydrogens (tertiary/aromatic N) is 1. The molecule has 1 aliphatic rings. The van der Waals surface area contributed by atoms with E-state index in [-0.39, 0.29) is 23.4 Å². The first-order valence-electron chi connectivity index (χ1n) is 8.09. The molecule has 0 unspecified atom stereocenters. The van der Waals surface area contributed by atoms with Crippen molar-refractivity contribution in [2.45, 2.75) is 25.9 Å². The molecule has 2 amide bonds. The quantitative estimate of drug-likeness (QED) is 0.805. The van der Waals surface area contributed by atoms with Crippen LogP contribution in [0.5, 0.6) is 5.75 Å². The normalized spacial score (nSPS) is 16.3. The number of carbonyl (C=O) groups is 2. The lowest BCUT2D eigenvalue weighted by Gasteiger charge is -2.15. The van der Waals surface area contributed by atoms with E-state index in [1.54, 1.807) is 0 Å². The second kappa shape index (κ2) is 8.24. The number of hydrogen-bond donors (Lipinski definition) is 2. The summed E-state index contributed by atoms with van der Waals surface area (Å²) in [6, 6.07) is 3.91. The summed E-state index contributed by atoms with van der Waals surface area (Å²) in [6.45, 7) is 2.39. The maximum atomic E-state index is 13.6. The molecule has 2 N–H and O–H groups in total. The molecule has 1 fully saturated rings. The summed E-state index contributed by atoms with van der Waals surface area (Å²) >= 11 is 1.13. The zero-order chi connectivity index (χ0) is 18.5. The Bertz CT molecular complexity index is 805. The molecule has 9 heteroatoms. The van der Waals surface area contributed by atoms with E-state index in [1.165, 1.54) is 30.5 Å². The van der Waals surface area contributed by atoms with Crippen LogP contribution in [0.3, 0.4) is 0 Å². The van der Waals surface area contributed by atoms with Crippen molar-refractivity contribution < 1.29 is 23.5 Å². The Morgan fingerprint density at radius 2 is 2.27 bits per heavy atom. The lowest BCUT2D eigenvalue weighted by molar-refractivity contribution is -0.114. The standard InChI is InChI=1S/C17H18FN3O4S/c1-10(22)19-17-21-14(9-26-17)16(23)20-13-7-11(18)4-5-15(13)25-8-12-3-2-6-24-12/h4-5,7,9,12H,2-3,6,8H2,1H3,(H,20,23)(H,19,21,22)/t12-/m1/s1. The van der Waals surface area contributed by atoms with Crippen LogP contribution in [-0.4, -0.2) is 36.1 Å². The number of hydrogen-bond acceptors (Lipinski definition) is 6. The Hall–Kier alpha value is -2.52. The predicted octanol–water partition coefficient (Wildman–Crippen LogP) is 3.05. The molecular formula is C17H18FN3O4S. The highest BCUT2D eigenvalue weighted by Gasteiger charge is 2.18. The van der Waals surface area contributed by atoms with E-state index in [9.17, 15) is 14.0 Å². The second-order valence-electron chi connectivity index (χ2n) is 5.76.